The topological polar surface area (TPSA) is 56.4 Å². The molecular formula is C20H21ClN4OS. The van der Waals surface area contributed by atoms with E-state index < -0.39 is 0 Å². The quantitative estimate of drug-likeness (QED) is 0.681. The average molecular weight is 401 g/mol. The highest BCUT2D eigenvalue weighted by molar-refractivity contribution is 7.80. The maximum atomic E-state index is 13.0. The van der Waals surface area contributed by atoms with Gasteiger partial charge in [-0.25, -0.2) is 0 Å². The molecule has 0 saturated carbocycles. The first-order valence-corrected chi connectivity index (χ1v) is 9.26. The lowest BCUT2D eigenvalue weighted by atomic mass is 9.94. The Morgan fingerprint density at radius 2 is 1.89 bits per heavy atom. The number of hydrogen-bond acceptors (Lipinski definition) is 3. The lowest BCUT2D eigenvalue weighted by molar-refractivity contribution is -0.113. The van der Waals surface area contributed by atoms with E-state index in [0.29, 0.717) is 21.4 Å². The smallest absolute Gasteiger partial charge is 0.255 e. The zero-order chi connectivity index (χ0) is 19.6. The molecule has 0 aliphatic carbocycles. The fourth-order valence-electron chi connectivity index (χ4n) is 2.97. The molecule has 140 valence electrons. The van der Waals surface area contributed by atoms with Crippen molar-refractivity contribution in [3.8, 4) is 0 Å². The van der Waals surface area contributed by atoms with E-state index in [4.69, 9.17) is 23.8 Å². The molecule has 1 aliphatic rings. The van der Waals surface area contributed by atoms with Crippen LogP contribution in [-0.2, 0) is 4.79 Å². The SMILES string of the molecule is CC1=C(C(=O)Nc2cccc(Cl)c2)C(c2ccc(N(C)C)cc2)NC(=S)N1. The number of carbonyl (C=O) groups excluding carboxylic acids is 1. The van der Waals surface area contributed by atoms with E-state index in [1.807, 2.05) is 50.2 Å². The first-order valence-electron chi connectivity index (χ1n) is 8.47. The van der Waals surface area contributed by atoms with E-state index in [1.54, 1.807) is 24.3 Å². The van der Waals surface area contributed by atoms with Crippen molar-refractivity contribution in [2.75, 3.05) is 24.3 Å². The minimum Gasteiger partial charge on any atom is -0.378 e. The molecule has 0 bridgehead atoms. The largest absolute Gasteiger partial charge is 0.378 e. The van der Waals surface area contributed by atoms with Crippen molar-refractivity contribution >= 4 is 46.2 Å². The van der Waals surface area contributed by atoms with Gasteiger partial charge in [0.15, 0.2) is 5.11 Å². The molecule has 0 spiro atoms. The third-order valence-electron chi connectivity index (χ3n) is 4.34. The Balaban J connectivity index is 1.92. The Labute approximate surface area is 169 Å². The van der Waals surface area contributed by atoms with Gasteiger partial charge in [-0.2, -0.15) is 0 Å². The maximum Gasteiger partial charge on any atom is 0.255 e. The van der Waals surface area contributed by atoms with Gasteiger partial charge < -0.3 is 20.9 Å². The lowest BCUT2D eigenvalue weighted by Crippen LogP contribution is -2.45. The van der Waals surface area contributed by atoms with Crippen LogP contribution in [0.3, 0.4) is 0 Å². The van der Waals surface area contributed by atoms with Crippen LogP contribution in [0.5, 0.6) is 0 Å². The number of nitrogens with one attached hydrogen (secondary N) is 3. The number of anilines is 2. The molecule has 2 aromatic carbocycles. The lowest BCUT2D eigenvalue weighted by Gasteiger charge is -2.30. The summed E-state index contributed by atoms with van der Waals surface area (Å²) in [4.78, 5) is 15.0. The van der Waals surface area contributed by atoms with Gasteiger partial charge in [-0.1, -0.05) is 29.8 Å². The van der Waals surface area contributed by atoms with Gasteiger partial charge in [-0.05, 0) is 55.0 Å². The Hall–Kier alpha value is -2.57. The van der Waals surface area contributed by atoms with Crippen molar-refractivity contribution in [2.45, 2.75) is 13.0 Å². The van der Waals surface area contributed by atoms with Gasteiger partial charge in [0, 0.05) is 36.2 Å². The third kappa shape index (κ3) is 4.40. The van der Waals surface area contributed by atoms with E-state index >= 15 is 0 Å². The van der Waals surface area contributed by atoms with Crippen LogP contribution in [-0.4, -0.2) is 25.1 Å². The highest BCUT2D eigenvalue weighted by atomic mass is 35.5. The number of rotatable bonds is 4. The predicted molar refractivity (Wildman–Crippen MR) is 115 cm³/mol. The average Bonchev–Trinajstić information content (AvgIpc) is 2.61. The Morgan fingerprint density at radius 1 is 1.19 bits per heavy atom. The van der Waals surface area contributed by atoms with E-state index in [9.17, 15) is 4.79 Å². The number of amides is 1. The second kappa shape index (κ2) is 7.98. The van der Waals surface area contributed by atoms with Gasteiger partial charge >= 0.3 is 0 Å². The molecule has 27 heavy (non-hydrogen) atoms. The summed E-state index contributed by atoms with van der Waals surface area (Å²) >= 11 is 11.3. The summed E-state index contributed by atoms with van der Waals surface area (Å²) in [5.41, 5.74) is 3.99. The van der Waals surface area contributed by atoms with Gasteiger partial charge in [-0.3, -0.25) is 4.79 Å². The van der Waals surface area contributed by atoms with Crippen LogP contribution in [0.4, 0.5) is 11.4 Å². The van der Waals surface area contributed by atoms with E-state index in [-0.39, 0.29) is 11.9 Å². The summed E-state index contributed by atoms with van der Waals surface area (Å²) in [7, 11) is 3.97. The predicted octanol–water partition coefficient (Wildman–Crippen LogP) is 3.84. The molecule has 1 heterocycles. The van der Waals surface area contributed by atoms with E-state index in [0.717, 1.165) is 16.9 Å². The fraction of sp³-hybridized carbons (Fsp3) is 0.200. The monoisotopic (exact) mass is 400 g/mol. The van der Waals surface area contributed by atoms with Gasteiger partial charge in [0.25, 0.3) is 5.91 Å². The van der Waals surface area contributed by atoms with Crippen molar-refractivity contribution in [3.05, 3.63) is 70.4 Å². The van der Waals surface area contributed by atoms with Crippen LogP contribution >= 0.6 is 23.8 Å². The third-order valence-corrected chi connectivity index (χ3v) is 4.79. The highest BCUT2D eigenvalue weighted by Crippen LogP contribution is 2.29. The number of hydrogen-bond donors (Lipinski definition) is 3. The minimum absolute atomic E-state index is 0.209. The first-order chi connectivity index (χ1) is 12.8. The maximum absolute atomic E-state index is 13.0. The first kappa shape index (κ1) is 19.2. The Kier molecular flexibility index (Phi) is 5.68. The number of thiocarbonyl (C=S) groups is 1. The minimum atomic E-state index is -0.339. The molecule has 1 unspecified atom stereocenters. The Morgan fingerprint density at radius 3 is 2.52 bits per heavy atom. The van der Waals surface area contributed by atoms with Gasteiger partial charge in [-0.15, -0.1) is 0 Å². The molecule has 2 aromatic rings. The Bertz CT molecular complexity index is 908. The molecular weight excluding hydrogens is 380 g/mol. The molecule has 1 atom stereocenters. The summed E-state index contributed by atoms with van der Waals surface area (Å²) in [6, 6.07) is 14.8. The van der Waals surface area contributed by atoms with Gasteiger partial charge in [0.05, 0.1) is 11.6 Å². The van der Waals surface area contributed by atoms with Crippen LogP contribution in [0, 0.1) is 0 Å². The molecule has 5 nitrogen and oxygen atoms in total. The molecule has 3 rings (SSSR count). The normalized spacial score (nSPS) is 16.4. The van der Waals surface area contributed by atoms with Crippen LogP contribution in [0.25, 0.3) is 0 Å². The standard InChI is InChI=1S/C20H21ClN4OS/c1-12-17(19(26)23-15-6-4-5-14(21)11-15)18(24-20(27)22-12)13-7-9-16(10-8-13)25(2)3/h4-11,18H,1-3H3,(H,23,26)(H2,22,24,27). The van der Waals surface area contributed by atoms with Crippen LogP contribution < -0.4 is 20.9 Å². The van der Waals surface area contributed by atoms with Crippen LogP contribution in [0.1, 0.15) is 18.5 Å². The summed E-state index contributed by atoms with van der Waals surface area (Å²) < 4.78 is 0. The molecule has 0 radical (unpaired) electrons. The summed E-state index contributed by atoms with van der Waals surface area (Å²) in [6.45, 7) is 1.85. The number of allylic oxidation sites excluding steroid dienone is 1. The van der Waals surface area contributed by atoms with Crippen LogP contribution in [0.2, 0.25) is 5.02 Å². The molecule has 1 amide bonds. The summed E-state index contributed by atoms with van der Waals surface area (Å²) in [5, 5.41) is 10.2. The van der Waals surface area contributed by atoms with E-state index in [1.165, 1.54) is 0 Å². The number of nitrogens with zero attached hydrogens (tertiary/aromatic N) is 1. The van der Waals surface area contributed by atoms with Crippen LogP contribution in [0.15, 0.2) is 59.8 Å². The zero-order valence-corrected chi connectivity index (χ0v) is 16.9. The van der Waals surface area contributed by atoms with Crippen molar-refractivity contribution in [1.82, 2.24) is 10.6 Å². The van der Waals surface area contributed by atoms with Crippen molar-refractivity contribution in [3.63, 3.8) is 0 Å². The van der Waals surface area contributed by atoms with Crippen molar-refractivity contribution in [2.24, 2.45) is 0 Å². The molecule has 1 aliphatic heterocycles. The second-order valence-corrected chi connectivity index (χ2v) is 7.37. The molecule has 0 saturated heterocycles. The fourth-order valence-corrected chi connectivity index (χ4v) is 3.44. The number of benzene rings is 2. The molecule has 0 aromatic heterocycles. The molecule has 0 fully saturated rings. The van der Waals surface area contributed by atoms with Crippen molar-refractivity contribution < 1.29 is 4.79 Å². The number of carbonyl (C=O) groups is 1. The van der Waals surface area contributed by atoms with E-state index in [2.05, 4.69) is 16.0 Å². The zero-order valence-electron chi connectivity index (χ0n) is 15.3. The van der Waals surface area contributed by atoms with Gasteiger partial charge in [0.2, 0.25) is 0 Å². The molecule has 7 heteroatoms. The van der Waals surface area contributed by atoms with Crippen molar-refractivity contribution in [1.29, 1.82) is 0 Å². The highest BCUT2D eigenvalue weighted by Gasteiger charge is 2.30. The number of halogens is 1. The second-order valence-electron chi connectivity index (χ2n) is 6.52. The van der Waals surface area contributed by atoms with Gasteiger partial charge in [0.1, 0.15) is 0 Å². The molecule has 3 N–H and O–H groups in total. The summed E-state index contributed by atoms with van der Waals surface area (Å²) in [6.07, 6.45) is 0. The summed E-state index contributed by atoms with van der Waals surface area (Å²) in [5.74, 6) is -0.209.